The molecule has 0 spiro atoms. The van der Waals surface area contributed by atoms with Gasteiger partial charge in [-0.25, -0.2) is 0 Å². The van der Waals surface area contributed by atoms with E-state index in [9.17, 15) is 30.2 Å². The van der Waals surface area contributed by atoms with Crippen molar-refractivity contribution in [1.82, 2.24) is 0 Å². The van der Waals surface area contributed by atoms with Crippen molar-refractivity contribution >= 4 is 61.6 Å². The van der Waals surface area contributed by atoms with Gasteiger partial charge in [0.2, 0.25) is 0 Å². The van der Waals surface area contributed by atoms with Crippen LogP contribution in [0.1, 0.15) is 126 Å². The maximum atomic E-state index is 14.9. The molecule has 8 saturated carbocycles. The summed E-state index contributed by atoms with van der Waals surface area (Å²) >= 11 is -5.85. The summed E-state index contributed by atoms with van der Waals surface area (Å²) in [4.78, 5) is 0. The molecule has 71 heavy (non-hydrogen) atoms. The molecule has 0 nitrogen and oxygen atoms in total. The van der Waals surface area contributed by atoms with Crippen molar-refractivity contribution in [2.24, 2.45) is 46.3 Å². The van der Waals surface area contributed by atoms with Gasteiger partial charge in [0.1, 0.15) is 0 Å². The average molecular weight is 1130 g/mol. The van der Waals surface area contributed by atoms with Crippen LogP contribution in [0.25, 0.3) is 34.4 Å². The minimum atomic E-state index is -5.85. The van der Waals surface area contributed by atoms with E-state index in [1.54, 1.807) is 0 Å². The van der Waals surface area contributed by atoms with Crippen LogP contribution in [0.15, 0.2) is 96.1 Å². The fourth-order valence-electron chi connectivity index (χ4n) is 18.6. The molecule has 4 aromatic carbocycles. The predicted molar refractivity (Wildman–Crippen MR) is 302 cm³/mol. The quantitative estimate of drug-likeness (QED) is 0.117. The zero-order valence-corrected chi connectivity index (χ0v) is 50.8. The van der Waals surface area contributed by atoms with Gasteiger partial charge in [-0.15, -0.1) is 0 Å². The van der Waals surface area contributed by atoms with Crippen LogP contribution in [0.2, 0.25) is 51.9 Å². The topological polar surface area (TPSA) is 0 Å². The summed E-state index contributed by atoms with van der Waals surface area (Å²) in [5.74, 6) is 2.10. The fraction of sp³-hybridized carbons (Fsp3) is 0.548. The number of alkyl halides is 3. The Morgan fingerprint density at radius 3 is 1.18 bits per heavy atom. The molecular weight excluding hydrogens is 1050 g/mol. The number of hydrogen-bond donors (Lipinski definition) is 0. The van der Waals surface area contributed by atoms with E-state index < -0.39 is 50.2 Å². The molecular formula is C62H78Cl2F3Si3Zr. The van der Waals surface area contributed by atoms with E-state index in [4.69, 9.17) is 0 Å². The summed E-state index contributed by atoms with van der Waals surface area (Å²) in [6, 6.07) is 32.5. The van der Waals surface area contributed by atoms with Crippen LogP contribution in [0.4, 0.5) is 13.2 Å². The number of rotatable bonds is 13. The molecule has 0 saturated heterocycles. The SMILES string of the molecule is C[SiH](CCC(F)(F)F)[Zr]([Cl])([Cl])([CH]1C(CC23CC4CC(CC(C4)C2)C3)=Cc2c(-c3ccc([Si](C)(C)C)cc3)cccc21)[CH]1C(CC23CC4CC(CC(C4)C2)C3)=Cc2c(-c3ccc([Si](C)(C)C)cc3)cccc21. The first kappa shape index (κ1) is 50.1. The van der Waals surface area contributed by atoms with E-state index in [1.807, 2.05) is 0 Å². The van der Waals surface area contributed by atoms with E-state index in [-0.39, 0.29) is 24.1 Å². The Morgan fingerprint density at radius 2 is 0.873 bits per heavy atom. The van der Waals surface area contributed by atoms with Crippen LogP contribution in [-0.2, 0) is 15.6 Å². The fourth-order valence-corrected chi connectivity index (χ4v) is 60.9. The van der Waals surface area contributed by atoms with Gasteiger partial charge in [-0.1, -0.05) is 0 Å². The monoisotopic (exact) mass is 1120 g/mol. The molecule has 10 aliphatic carbocycles. The Hall–Kier alpha value is -1.74. The van der Waals surface area contributed by atoms with Crippen molar-refractivity contribution < 1.29 is 28.7 Å². The van der Waals surface area contributed by atoms with Crippen molar-refractivity contribution in [3.8, 4) is 22.3 Å². The molecule has 9 heteroatoms. The van der Waals surface area contributed by atoms with Gasteiger partial charge in [0, 0.05) is 0 Å². The summed E-state index contributed by atoms with van der Waals surface area (Å²) < 4.78 is 44.3. The predicted octanol–water partition coefficient (Wildman–Crippen LogP) is 18.2. The Bertz CT molecular complexity index is 2560. The Morgan fingerprint density at radius 1 is 0.535 bits per heavy atom. The molecule has 0 aliphatic heterocycles. The summed E-state index contributed by atoms with van der Waals surface area (Å²) in [5.41, 5.74) is 12.9. The van der Waals surface area contributed by atoms with Gasteiger partial charge in [-0.3, -0.25) is 0 Å². The maximum absolute atomic E-state index is 14.9. The second-order valence-corrected chi connectivity index (χ2v) is 79.5. The molecule has 0 N–H and O–H groups in total. The first-order valence-electron chi connectivity index (χ1n) is 28.0. The molecule has 14 rings (SSSR count). The standard InChI is InChI=1S/2C29H35Si.C4H8F3Si.2ClH.Zr/c2*1-30(2,3)26-9-7-24(8-10-26)27-6-4-5-25-14-23(15-28(25)27)19-29-16-20-11-21(17-29)13-22(12-20)18-29;1-8-3-2-4(5,6)7;;;/h2*4-10,14-15,20-22H,11-13,16-19H2,1-3H3;8H,2-3H2,1H3;2*1H;/q;;;;;+2/p-2. The van der Waals surface area contributed by atoms with Crippen LogP contribution in [0.5, 0.6) is 0 Å². The summed E-state index contributed by atoms with van der Waals surface area (Å²) in [7, 11) is 15.8. The van der Waals surface area contributed by atoms with Gasteiger partial charge in [0.15, 0.2) is 0 Å². The molecule has 3 atom stereocenters. The molecule has 0 aromatic heterocycles. The van der Waals surface area contributed by atoms with Crippen LogP contribution in [0.3, 0.4) is 0 Å². The Kier molecular flexibility index (Phi) is 12.3. The third-order valence-electron chi connectivity index (χ3n) is 20.8. The van der Waals surface area contributed by atoms with Gasteiger partial charge < -0.3 is 0 Å². The van der Waals surface area contributed by atoms with Crippen LogP contribution >= 0.6 is 17.0 Å². The number of fused-ring (bicyclic) bond motifs is 2. The zero-order valence-electron chi connectivity index (χ0n) is 43.6. The third-order valence-corrected chi connectivity index (χ3v) is 75.1. The van der Waals surface area contributed by atoms with E-state index >= 15 is 0 Å². The molecule has 377 valence electrons. The van der Waals surface area contributed by atoms with Crippen molar-refractivity contribution in [3.05, 3.63) is 118 Å². The second-order valence-electron chi connectivity index (χ2n) is 28.0. The van der Waals surface area contributed by atoms with E-state index in [1.165, 1.54) is 143 Å². The van der Waals surface area contributed by atoms with Gasteiger partial charge in [-0.2, -0.15) is 0 Å². The molecule has 0 amide bonds. The molecule has 0 heterocycles. The summed E-state index contributed by atoms with van der Waals surface area (Å²) in [6.07, 6.45) is 17.8. The second kappa shape index (κ2) is 17.4. The van der Waals surface area contributed by atoms with Crippen molar-refractivity contribution in [2.75, 3.05) is 0 Å². The number of hydrogen-bond acceptors (Lipinski definition) is 0. The summed E-state index contributed by atoms with van der Waals surface area (Å²) in [5, 5.41) is 2.88. The first-order chi connectivity index (χ1) is 33.4. The van der Waals surface area contributed by atoms with Gasteiger partial charge in [0.05, 0.1) is 0 Å². The van der Waals surface area contributed by atoms with Crippen molar-refractivity contribution in [1.29, 1.82) is 0 Å². The normalized spacial score (nSPS) is 32.6. The number of allylic oxidation sites excluding steroid dienone is 2. The number of benzene rings is 4. The van der Waals surface area contributed by atoms with E-state index in [2.05, 4.69) is 143 Å². The van der Waals surface area contributed by atoms with E-state index in [0.29, 0.717) is 0 Å². The third kappa shape index (κ3) is 8.83. The molecule has 0 radical (unpaired) electrons. The van der Waals surface area contributed by atoms with Crippen molar-refractivity contribution in [3.63, 3.8) is 0 Å². The van der Waals surface area contributed by atoms with Crippen LogP contribution < -0.4 is 10.4 Å². The molecule has 10 aliphatic rings. The van der Waals surface area contributed by atoms with Crippen LogP contribution in [0, 0.1) is 46.3 Å². The van der Waals surface area contributed by atoms with Gasteiger partial charge in [-0.05, 0) is 0 Å². The number of halogens is 5. The van der Waals surface area contributed by atoms with Crippen molar-refractivity contribution in [2.45, 2.75) is 162 Å². The summed E-state index contributed by atoms with van der Waals surface area (Å²) in [6.45, 7) is 16.7. The van der Waals surface area contributed by atoms with Gasteiger partial charge in [0.25, 0.3) is 0 Å². The van der Waals surface area contributed by atoms with Crippen LogP contribution in [-0.4, -0.2) is 28.2 Å². The first-order valence-corrected chi connectivity index (χ1v) is 50.9. The molecule has 8 bridgehead atoms. The molecule has 4 aromatic rings. The minimum absolute atomic E-state index is 0.0877. The average Bonchev–Trinajstić information content (AvgIpc) is 3.85. The zero-order chi connectivity index (χ0) is 49.7. The Labute approximate surface area is 435 Å². The Balaban J connectivity index is 1.07. The molecule has 8 fully saturated rings. The van der Waals surface area contributed by atoms with Gasteiger partial charge >= 0.3 is 439 Å². The molecule has 3 unspecified atom stereocenters. The van der Waals surface area contributed by atoms with E-state index in [0.717, 1.165) is 48.3 Å².